The first-order valence-corrected chi connectivity index (χ1v) is 8.12. The van der Waals surface area contributed by atoms with E-state index in [0.29, 0.717) is 6.42 Å². The van der Waals surface area contributed by atoms with Gasteiger partial charge in [0, 0.05) is 6.07 Å². The zero-order valence-electron chi connectivity index (χ0n) is 15.3. The molecule has 1 atom stereocenters. The van der Waals surface area contributed by atoms with Crippen LogP contribution in [0.2, 0.25) is 0 Å². The molecule has 0 bridgehead atoms. The lowest BCUT2D eigenvalue weighted by Crippen LogP contribution is -2.47. The number of carboxylic acid groups (broad SMARTS) is 1. The molecule has 0 heterocycles. The summed E-state index contributed by atoms with van der Waals surface area (Å²) in [6.45, 7) is 7.85. The van der Waals surface area contributed by atoms with Gasteiger partial charge in [-0.1, -0.05) is 20.8 Å². The minimum atomic E-state index is -4.27. The molecule has 1 aromatic rings. The van der Waals surface area contributed by atoms with Gasteiger partial charge in [0.25, 0.3) is 0 Å². The second-order valence-electron chi connectivity index (χ2n) is 6.85. The molecule has 0 aliphatic heterocycles. The van der Waals surface area contributed by atoms with Crippen molar-refractivity contribution in [1.29, 1.82) is 0 Å². The molecular formula is C18H23F3O5. The number of benzene rings is 1. The van der Waals surface area contributed by atoms with Gasteiger partial charge in [0.2, 0.25) is 0 Å². The van der Waals surface area contributed by atoms with Crippen LogP contribution < -0.4 is 4.74 Å². The third kappa shape index (κ3) is 5.12. The van der Waals surface area contributed by atoms with Gasteiger partial charge in [-0.25, -0.2) is 14.0 Å². The van der Waals surface area contributed by atoms with Gasteiger partial charge in [-0.2, -0.15) is 8.78 Å². The lowest BCUT2D eigenvalue weighted by Gasteiger charge is -2.28. The number of alkyl halides is 2. The summed E-state index contributed by atoms with van der Waals surface area (Å²) in [5.41, 5.74) is -1.01. The van der Waals surface area contributed by atoms with E-state index in [2.05, 4.69) is 0 Å². The summed E-state index contributed by atoms with van der Waals surface area (Å²) >= 11 is 0. The number of carboxylic acids is 1. The van der Waals surface area contributed by atoms with E-state index < -0.39 is 41.3 Å². The molecule has 8 heteroatoms. The SMILES string of the molecule is CCC(C)(C)Oc1cc(F)ccc1C(=O)OC(C(C)C)C(F)(F)C(=O)O. The van der Waals surface area contributed by atoms with Crippen LogP contribution in [-0.4, -0.2) is 34.7 Å². The Kier molecular flexibility index (Phi) is 6.68. The Bertz CT molecular complexity index is 671. The maximum Gasteiger partial charge on any atom is 0.378 e. The van der Waals surface area contributed by atoms with Crippen molar-refractivity contribution < 1.29 is 37.3 Å². The van der Waals surface area contributed by atoms with Crippen molar-refractivity contribution in [3.8, 4) is 5.75 Å². The predicted octanol–water partition coefficient (Wildman–Crippen LogP) is 4.29. The first-order valence-electron chi connectivity index (χ1n) is 8.12. The molecule has 146 valence electrons. The third-order valence-corrected chi connectivity index (χ3v) is 3.88. The van der Waals surface area contributed by atoms with Gasteiger partial charge >= 0.3 is 17.9 Å². The van der Waals surface area contributed by atoms with Crippen molar-refractivity contribution in [3.05, 3.63) is 29.6 Å². The van der Waals surface area contributed by atoms with Gasteiger partial charge in [0.05, 0.1) is 0 Å². The molecule has 1 aromatic carbocycles. The normalized spacial score (nSPS) is 13.4. The molecule has 5 nitrogen and oxygen atoms in total. The average molecular weight is 376 g/mol. The van der Waals surface area contributed by atoms with Gasteiger partial charge in [0.15, 0.2) is 6.10 Å². The fourth-order valence-corrected chi connectivity index (χ4v) is 2.05. The zero-order valence-corrected chi connectivity index (χ0v) is 15.3. The second kappa shape index (κ2) is 7.97. The van der Waals surface area contributed by atoms with Crippen LogP contribution in [-0.2, 0) is 9.53 Å². The van der Waals surface area contributed by atoms with Gasteiger partial charge in [0.1, 0.15) is 22.7 Å². The molecule has 0 saturated carbocycles. The number of hydrogen-bond donors (Lipinski definition) is 1. The van der Waals surface area contributed by atoms with E-state index in [1.807, 2.05) is 6.92 Å². The fourth-order valence-electron chi connectivity index (χ4n) is 2.05. The minimum Gasteiger partial charge on any atom is -0.487 e. The zero-order chi connectivity index (χ0) is 20.3. The van der Waals surface area contributed by atoms with Crippen LogP contribution in [0.25, 0.3) is 0 Å². The van der Waals surface area contributed by atoms with Crippen molar-refractivity contribution >= 4 is 11.9 Å². The van der Waals surface area contributed by atoms with Crippen molar-refractivity contribution in [3.63, 3.8) is 0 Å². The Balaban J connectivity index is 3.22. The quantitative estimate of drug-likeness (QED) is 0.685. The van der Waals surface area contributed by atoms with E-state index in [0.717, 1.165) is 18.2 Å². The van der Waals surface area contributed by atoms with E-state index >= 15 is 0 Å². The largest absolute Gasteiger partial charge is 0.487 e. The molecule has 0 fully saturated rings. The predicted molar refractivity (Wildman–Crippen MR) is 88.0 cm³/mol. The first kappa shape index (κ1) is 21.8. The van der Waals surface area contributed by atoms with Crippen LogP contribution in [0.5, 0.6) is 5.75 Å². The van der Waals surface area contributed by atoms with Crippen LogP contribution in [0.4, 0.5) is 13.2 Å². The van der Waals surface area contributed by atoms with Gasteiger partial charge in [-0.3, -0.25) is 0 Å². The number of esters is 1. The number of ether oxygens (including phenoxy) is 2. The molecule has 1 rings (SSSR count). The third-order valence-electron chi connectivity index (χ3n) is 3.88. The highest BCUT2D eigenvalue weighted by Gasteiger charge is 2.51. The summed E-state index contributed by atoms with van der Waals surface area (Å²) in [6, 6.07) is 2.96. The number of rotatable bonds is 8. The second-order valence-corrected chi connectivity index (χ2v) is 6.85. The standard InChI is InChI=1S/C18H23F3O5/c1-6-17(4,5)26-13-9-11(19)7-8-12(13)15(22)25-14(10(2)3)18(20,21)16(23)24/h7-10,14H,6H2,1-5H3,(H,23,24). The van der Waals surface area contributed by atoms with Crippen molar-refractivity contribution in [2.45, 2.75) is 58.7 Å². The van der Waals surface area contributed by atoms with Crippen LogP contribution in [0, 0.1) is 11.7 Å². The number of carbonyl (C=O) groups excluding carboxylic acids is 1. The monoisotopic (exact) mass is 376 g/mol. The molecule has 0 spiro atoms. The maximum absolute atomic E-state index is 13.9. The van der Waals surface area contributed by atoms with E-state index in [9.17, 15) is 22.8 Å². The number of hydrogen-bond acceptors (Lipinski definition) is 4. The van der Waals surface area contributed by atoms with Crippen LogP contribution >= 0.6 is 0 Å². The Morgan fingerprint density at radius 1 is 1.23 bits per heavy atom. The highest BCUT2D eigenvalue weighted by atomic mass is 19.3. The Morgan fingerprint density at radius 3 is 2.27 bits per heavy atom. The maximum atomic E-state index is 13.9. The number of halogens is 3. The molecule has 0 radical (unpaired) electrons. The smallest absolute Gasteiger partial charge is 0.378 e. The molecule has 1 N–H and O–H groups in total. The molecule has 1 unspecified atom stereocenters. The Hall–Kier alpha value is -2.25. The van der Waals surface area contributed by atoms with Gasteiger partial charge < -0.3 is 14.6 Å². The first-order chi connectivity index (χ1) is 11.8. The van der Waals surface area contributed by atoms with Crippen LogP contribution in [0.15, 0.2) is 18.2 Å². The summed E-state index contributed by atoms with van der Waals surface area (Å²) < 4.78 is 51.7. The Labute approximate surface area is 150 Å². The Morgan fingerprint density at radius 2 is 1.81 bits per heavy atom. The van der Waals surface area contributed by atoms with E-state index in [1.165, 1.54) is 13.8 Å². The fraction of sp³-hybridized carbons (Fsp3) is 0.556. The lowest BCUT2D eigenvalue weighted by atomic mass is 10.0. The van der Waals surface area contributed by atoms with Crippen molar-refractivity contribution in [2.24, 2.45) is 5.92 Å². The number of aliphatic carboxylic acids is 1. The van der Waals surface area contributed by atoms with Crippen molar-refractivity contribution in [2.75, 3.05) is 0 Å². The molecular weight excluding hydrogens is 353 g/mol. The summed E-state index contributed by atoms with van der Waals surface area (Å²) in [5, 5.41) is 8.70. The van der Waals surface area contributed by atoms with Crippen molar-refractivity contribution in [1.82, 2.24) is 0 Å². The molecule has 0 saturated heterocycles. The van der Waals surface area contributed by atoms with E-state index in [-0.39, 0.29) is 11.3 Å². The van der Waals surface area contributed by atoms with E-state index in [1.54, 1.807) is 13.8 Å². The molecule has 0 aliphatic rings. The summed E-state index contributed by atoms with van der Waals surface area (Å²) in [4.78, 5) is 23.2. The molecule has 0 amide bonds. The highest BCUT2D eigenvalue weighted by Crippen LogP contribution is 2.31. The lowest BCUT2D eigenvalue weighted by molar-refractivity contribution is -0.187. The minimum absolute atomic E-state index is 0.164. The molecule has 26 heavy (non-hydrogen) atoms. The molecule has 0 aliphatic carbocycles. The molecule has 0 aromatic heterocycles. The highest BCUT2D eigenvalue weighted by molar-refractivity contribution is 5.93. The summed E-state index contributed by atoms with van der Waals surface area (Å²) in [7, 11) is 0. The van der Waals surface area contributed by atoms with E-state index in [4.69, 9.17) is 14.6 Å². The number of carbonyl (C=O) groups is 2. The van der Waals surface area contributed by atoms with Crippen LogP contribution in [0.3, 0.4) is 0 Å². The van der Waals surface area contributed by atoms with Crippen LogP contribution in [0.1, 0.15) is 51.4 Å². The summed E-state index contributed by atoms with van der Waals surface area (Å²) in [5.74, 6) is -9.70. The summed E-state index contributed by atoms with van der Waals surface area (Å²) in [6.07, 6.45) is -1.66. The van der Waals surface area contributed by atoms with Gasteiger partial charge in [-0.15, -0.1) is 0 Å². The van der Waals surface area contributed by atoms with Gasteiger partial charge in [-0.05, 0) is 38.3 Å². The average Bonchev–Trinajstić information content (AvgIpc) is 2.51. The topological polar surface area (TPSA) is 72.8 Å².